The molecule has 4 atom stereocenters. The van der Waals surface area contributed by atoms with E-state index < -0.39 is 30.3 Å². The van der Waals surface area contributed by atoms with Crippen LogP contribution in [0.4, 0.5) is 21.1 Å². The van der Waals surface area contributed by atoms with Gasteiger partial charge in [-0.15, -0.1) is 0 Å². The van der Waals surface area contributed by atoms with Crippen molar-refractivity contribution in [3.05, 3.63) is 54.7 Å². The number of aromatic nitrogens is 1. The van der Waals surface area contributed by atoms with E-state index in [2.05, 4.69) is 31.0 Å². The van der Waals surface area contributed by atoms with Crippen LogP contribution in [0.1, 0.15) is 59.3 Å². The standard InChI is InChI=1S/C39H49N7O8/c1-6-8-29-15-16-31(46(29)33(47)22-41-38(51)53-4)36(49)43-32-17-13-27(21-40-32)25-10-11-26-20-28(14-12-24(26)19-25)42-35(48)30-9-7-18-45(30)37(50)34(23(2)3)44-39(52)54-5/h10-14,17,19-21,23,29-31,34H,6-9,15-16,18,22H2,1-5H3,(H,41,51)(H,42,48)(H,44,52)(H,40,43,49)/t29?,30-,31-,34-/m0/s1. The molecule has 1 unspecified atom stereocenters. The quantitative estimate of drug-likeness (QED) is 0.205. The Hall–Kier alpha value is -5.73. The summed E-state index contributed by atoms with van der Waals surface area (Å²) in [7, 11) is 2.46. The van der Waals surface area contributed by atoms with Crippen molar-refractivity contribution in [3.63, 3.8) is 0 Å². The number of hydrogen-bond donors (Lipinski definition) is 4. The number of fused-ring (bicyclic) bond motifs is 1. The first-order chi connectivity index (χ1) is 25.9. The molecule has 15 nitrogen and oxygen atoms in total. The Labute approximate surface area is 314 Å². The molecule has 1 aromatic heterocycles. The highest BCUT2D eigenvalue weighted by Gasteiger charge is 2.41. The van der Waals surface area contributed by atoms with Gasteiger partial charge in [-0.2, -0.15) is 0 Å². The van der Waals surface area contributed by atoms with Gasteiger partial charge in [0.15, 0.2) is 0 Å². The molecule has 2 aliphatic rings. The van der Waals surface area contributed by atoms with E-state index in [1.165, 1.54) is 19.1 Å². The summed E-state index contributed by atoms with van der Waals surface area (Å²) >= 11 is 0. The van der Waals surface area contributed by atoms with Crippen LogP contribution < -0.4 is 21.3 Å². The molecule has 0 saturated carbocycles. The Morgan fingerprint density at radius 3 is 2.22 bits per heavy atom. The lowest BCUT2D eigenvalue weighted by Crippen LogP contribution is -2.54. The molecule has 0 bridgehead atoms. The number of alkyl carbamates (subject to hydrolysis) is 2. The first-order valence-corrected chi connectivity index (χ1v) is 18.3. The molecule has 0 spiro atoms. The topological polar surface area (TPSA) is 188 Å². The first kappa shape index (κ1) is 39.5. The third kappa shape index (κ3) is 9.25. The second-order valence-electron chi connectivity index (χ2n) is 13.9. The van der Waals surface area contributed by atoms with Gasteiger partial charge in [-0.25, -0.2) is 14.6 Å². The van der Waals surface area contributed by atoms with Crippen molar-refractivity contribution >= 4 is 58.1 Å². The van der Waals surface area contributed by atoms with Crippen molar-refractivity contribution in [2.24, 2.45) is 5.92 Å². The average Bonchev–Trinajstić information content (AvgIpc) is 3.84. The molecule has 3 aromatic rings. The van der Waals surface area contributed by atoms with Gasteiger partial charge in [-0.1, -0.05) is 45.4 Å². The van der Waals surface area contributed by atoms with Gasteiger partial charge in [0.1, 0.15) is 30.5 Å². The van der Waals surface area contributed by atoms with Crippen LogP contribution in [0.3, 0.4) is 0 Å². The van der Waals surface area contributed by atoms with Crippen LogP contribution in [0.25, 0.3) is 21.9 Å². The normalized spacial score (nSPS) is 18.6. The van der Waals surface area contributed by atoms with Crippen LogP contribution in [0, 0.1) is 5.92 Å². The van der Waals surface area contributed by atoms with Gasteiger partial charge in [0.05, 0.1) is 14.2 Å². The van der Waals surface area contributed by atoms with Crippen molar-refractivity contribution in [1.82, 2.24) is 25.4 Å². The third-order valence-corrected chi connectivity index (χ3v) is 9.97. The summed E-state index contributed by atoms with van der Waals surface area (Å²) in [5, 5.41) is 12.7. The number of carbonyl (C=O) groups excluding carboxylic acids is 6. The first-order valence-electron chi connectivity index (χ1n) is 18.3. The molecule has 2 aliphatic heterocycles. The van der Waals surface area contributed by atoms with Gasteiger partial charge in [0, 0.05) is 30.0 Å². The van der Waals surface area contributed by atoms with Gasteiger partial charge in [-0.05, 0) is 84.7 Å². The number of nitrogens with zero attached hydrogens (tertiary/aromatic N) is 3. The average molecular weight is 744 g/mol. The van der Waals surface area contributed by atoms with E-state index in [1.54, 1.807) is 17.2 Å². The van der Waals surface area contributed by atoms with Gasteiger partial charge in [0.25, 0.3) is 0 Å². The Balaban J connectivity index is 1.22. The second-order valence-corrected chi connectivity index (χ2v) is 13.9. The third-order valence-electron chi connectivity index (χ3n) is 9.97. The van der Waals surface area contributed by atoms with Gasteiger partial charge in [-0.3, -0.25) is 19.2 Å². The van der Waals surface area contributed by atoms with Crippen LogP contribution in [0.15, 0.2) is 54.7 Å². The van der Waals surface area contributed by atoms with Crippen molar-refractivity contribution in [1.29, 1.82) is 0 Å². The van der Waals surface area contributed by atoms with Gasteiger partial charge in [0.2, 0.25) is 23.6 Å². The van der Waals surface area contributed by atoms with Gasteiger partial charge >= 0.3 is 12.2 Å². The van der Waals surface area contributed by atoms with Crippen molar-refractivity contribution in [3.8, 4) is 11.1 Å². The zero-order valence-electron chi connectivity index (χ0n) is 31.3. The Morgan fingerprint density at radius 2 is 1.54 bits per heavy atom. The molecule has 54 heavy (non-hydrogen) atoms. The lowest BCUT2D eigenvalue weighted by molar-refractivity contribution is -0.139. The Bertz CT molecular complexity index is 1870. The van der Waals surface area contributed by atoms with Crippen LogP contribution in [-0.4, -0.2) is 102 Å². The number of rotatable bonds is 12. The van der Waals surface area contributed by atoms with Crippen LogP contribution >= 0.6 is 0 Å². The fraction of sp³-hybridized carbons (Fsp3) is 0.462. The lowest BCUT2D eigenvalue weighted by atomic mass is 10.0. The molecule has 288 valence electrons. The fourth-order valence-corrected chi connectivity index (χ4v) is 7.20. The van der Waals surface area contributed by atoms with E-state index in [1.807, 2.05) is 63.2 Å². The zero-order chi connectivity index (χ0) is 38.9. The van der Waals surface area contributed by atoms with Crippen LogP contribution in [-0.2, 0) is 28.7 Å². The number of nitrogens with one attached hydrogen (secondary N) is 4. The molecule has 4 N–H and O–H groups in total. The highest BCUT2D eigenvalue weighted by molar-refractivity contribution is 6.01. The predicted octanol–water partition coefficient (Wildman–Crippen LogP) is 4.67. The largest absolute Gasteiger partial charge is 0.453 e. The molecule has 5 rings (SSSR count). The number of amides is 6. The summed E-state index contributed by atoms with van der Waals surface area (Å²) in [5.41, 5.74) is 2.32. The number of pyridine rings is 1. The molecule has 6 amide bonds. The minimum absolute atomic E-state index is 0.0949. The molecule has 0 radical (unpaired) electrons. The summed E-state index contributed by atoms with van der Waals surface area (Å²) in [6.45, 7) is 5.83. The zero-order valence-corrected chi connectivity index (χ0v) is 31.3. The van der Waals surface area contributed by atoms with Crippen molar-refractivity contribution in [2.75, 3.05) is 37.9 Å². The molecular formula is C39H49N7O8. The number of hydrogen-bond acceptors (Lipinski definition) is 9. The molecule has 2 fully saturated rings. The SMILES string of the molecule is CCCC1CC[C@@H](C(=O)Nc2ccc(-c3ccc4cc(NC(=O)[C@@H]5CCCN5C(=O)[C@@H](NC(=O)OC)C(C)C)ccc4c3)cn2)N1C(=O)CNC(=O)OC. The number of carbonyl (C=O) groups is 6. The maximum atomic E-state index is 13.4. The number of anilines is 2. The minimum Gasteiger partial charge on any atom is -0.453 e. The smallest absolute Gasteiger partial charge is 0.407 e. The highest BCUT2D eigenvalue weighted by atomic mass is 16.5. The molecule has 15 heteroatoms. The minimum atomic E-state index is -0.812. The highest BCUT2D eigenvalue weighted by Crippen LogP contribution is 2.30. The molecule has 3 heterocycles. The molecule has 0 aliphatic carbocycles. The van der Waals surface area contributed by atoms with Crippen LogP contribution in [0.5, 0.6) is 0 Å². The van der Waals surface area contributed by atoms with Crippen molar-refractivity contribution < 1.29 is 38.2 Å². The number of ether oxygens (including phenoxy) is 2. The fourth-order valence-electron chi connectivity index (χ4n) is 7.20. The number of methoxy groups -OCH3 is 2. The summed E-state index contributed by atoms with van der Waals surface area (Å²) < 4.78 is 9.26. The number of likely N-dealkylation sites (tertiary alicyclic amines) is 2. The summed E-state index contributed by atoms with van der Waals surface area (Å²) in [6.07, 6.45) is 4.25. The van der Waals surface area contributed by atoms with Gasteiger partial charge < -0.3 is 40.5 Å². The predicted molar refractivity (Wildman–Crippen MR) is 202 cm³/mol. The Kier molecular flexibility index (Phi) is 13.1. The Morgan fingerprint density at radius 1 is 0.833 bits per heavy atom. The molecular weight excluding hydrogens is 694 g/mol. The van der Waals surface area contributed by atoms with Crippen molar-refractivity contribution in [2.45, 2.75) is 83.5 Å². The summed E-state index contributed by atoms with van der Waals surface area (Å²) in [4.78, 5) is 84.2. The maximum Gasteiger partial charge on any atom is 0.407 e. The van der Waals surface area contributed by atoms with E-state index in [0.29, 0.717) is 43.7 Å². The molecule has 2 saturated heterocycles. The summed E-state index contributed by atoms with van der Waals surface area (Å²) in [5.74, 6) is -1.13. The molecule has 2 aromatic carbocycles. The second kappa shape index (κ2) is 17.9. The van der Waals surface area contributed by atoms with E-state index in [-0.39, 0.29) is 42.1 Å². The van der Waals surface area contributed by atoms with E-state index in [4.69, 9.17) is 4.74 Å². The lowest BCUT2D eigenvalue weighted by Gasteiger charge is -2.30. The number of benzene rings is 2. The monoisotopic (exact) mass is 743 g/mol. The maximum absolute atomic E-state index is 13.4. The van der Waals surface area contributed by atoms with E-state index in [9.17, 15) is 28.8 Å². The van der Waals surface area contributed by atoms with Crippen LogP contribution in [0.2, 0.25) is 0 Å². The summed E-state index contributed by atoms with van der Waals surface area (Å²) in [6, 6.07) is 12.8. The van der Waals surface area contributed by atoms with E-state index in [0.717, 1.165) is 34.7 Å². The van der Waals surface area contributed by atoms with E-state index >= 15 is 0 Å².